The van der Waals surface area contributed by atoms with Crippen molar-refractivity contribution < 1.29 is 9.74 Å². The summed E-state index contributed by atoms with van der Waals surface area (Å²) in [6.45, 7) is 0. The molecule has 2 aliphatic rings. The smallest absolute Gasteiger partial charge is 0.137 e. The first kappa shape index (κ1) is 12.1. The Hall–Kier alpha value is -2.47. The second-order valence-electron chi connectivity index (χ2n) is 5.96. The molecule has 110 valence electrons. The van der Waals surface area contributed by atoms with E-state index >= 15 is 0 Å². The molecule has 1 aliphatic carbocycles. The first-order chi connectivity index (χ1) is 10.8. The third kappa shape index (κ3) is 1.45. The zero-order valence-corrected chi connectivity index (χ0v) is 11.8. The molecular formula is C16H14N4O2. The van der Waals surface area contributed by atoms with Gasteiger partial charge in [0.15, 0.2) is 0 Å². The highest BCUT2D eigenvalue weighted by molar-refractivity contribution is 5.69. The topological polar surface area (TPSA) is 77.0 Å². The molecule has 0 saturated carbocycles. The lowest BCUT2D eigenvalue weighted by Gasteiger charge is -2.32. The Bertz CT molecular complexity index is 853. The monoisotopic (exact) mass is 294 g/mol. The maximum Gasteiger partial charge on any atom is 0.137 e. The number of hydrogen-bond acceptors (Lipinski definition) is 5. The van der Waals surface area contributed by atoms with E-state index in [4.69, 9.17) is 4.63 Å². The van der Waals surface area contributed by atoms with Gasteiger partial charge in [-0.3, -0.25) is 0 Å². The lowest BCUT2D eigenvalue weighted by atomic mass is 9.79. The molecule has 0 amide bonds. The van der Waals surface area contributed by atoms with Gasteiger partial charge < -0.3 is 9.67 Å². The molecule has 5 rings (SSSR count). The SMILES string of the molecule is O[C@@H]1c2nonc2CC[C@H]1[C@H]1c2ccccc2-c2cncn21. The number of aryl methyl sites for hydroxylation is 1. The van der Waals surface area contributed by atoms with Gasteiger partial charge in [-0.2, -0.15) is 0 Å². The van der Waals surface area contributed by atoms with Gasteiger partial charge in [-0.05, 0) is 18.4 Å². The van der Waals surface area contributed by atoms with Crippen LogP contribution in [0.2, 0.25) is 0 Å². The molecule has 6 nitrogen and oxygen atoms in total. The number of hydrogen-bond donors (Lipinski definition) is 1. The maximum absolute atomic E-state index is 10.8. The summed E-state index contributed by atoms with van der Waals surface area (Å²) in [5, 5.41) is 18.5. The molecule has 0 bridgehead atoms. The van der Waals surface area contributed by atoms with E-state index in [9.17, 15) is 5.11 Å². The van der Waals surface area contributed by atoms with Gasteiger partial charge in [0.1, 0.15) is 17.5 Å². The van der Waals surface area contributed by atoms with Crippen molar-refractivity contribution in [2.24, 2.45) is 5.92 Å². The minimum Gasteiger partial charge on any atom is -0.386 e. The molecule has 0 radical (unpaired) electrons. The lowest BCUT2D eigenvalue weighted by Crippen LogP contribution is -2.28. The fraction of sp³-hybridized carbons (Fsp3) is 0.312. The molecule has 0 spiro atoms. The number of aliphatic hydroxyl groups is 1. The number of aliphatic hydroxyl groups excluding tert-OH is 1. The number of rotatable bonds is 1. The molecular weight excluding hydrogens is 280 g/mol. The molecule has 6 heteroatoms. The minimum absolute atomic E-state index is 0.0380. The highest BCUT2D eigenvalue weighted by Crippen LogP contribution is 2.49. The summed E-state index contributed by atoms with van der Waals surface area (Å²) in [6.07, 6.45) is 4.70. The van der Waals surface area contributed by atoms with Crippen LogP contribution in [0, 0.1) is 5.92 Å². The summed E-state index contributed by atoms with van der Waals surface area (Å²) in [6, 6.07) is 8.41. The standard InChI is InChI=1S/C16H14N4O2/c21-16-11(5-6-12-14(16)19-22-18-12)15-10-4-2-1-3-9(10)13-7-17-8-20(13)15/h1-4,7-8,11,15-16,21H,5-6H2/t11-,15+,16-/m0/s1. The molecule has 1 aromatic carbocycles. The molecule has 3 atom stereocenters. The quantitative estimate of drug-likeness (QED) is 0.744. The average Bonchev–Trinajstić information content (AvgIpc) is 3.23. The van der Waals surface area contributed by atoms with E-state index in [1.165, 1.54) is 11.1 Å². The Morgan fingerprint density at radius 3 is 3.09 bits per heavy atom. The summed E-state index contributed by atoms with van der Waals surface area (Å²) in [5.74, 6) is 0.0380. The van der Waals surface area contributed by atoms with Crippen LogP contribution in [-0.4, -0.2) is 25.0 Å². The van der Waals surface area contributed by atoms with E-state index in [-0.39, 0.29) is 12.0 Å². The predicted molar refractivity (Wildman–Crippen MR) is 76.9 cm³/mol. The molecule has 0 unspecified atom stereocenters. The van der Waals surface area contributed by atoms with Crippen molar-refractivity contribution in [3.8, 4) is 11.3 Å². The van der Waals surface area contributed by atoms with Crippen molar-refractivity contribution >= 4 is 0 Å². The first-order valence-electron chi connectivity index (χ1n) is 7.45. The first-order valence-corrected chi connectivity index (χ1v) is 7.45. The van der Waals surface area contributed by atoms with Crippen LogP contribution in [0.5, 0.6) is 0 Å². The molecule has 2 aromatic heterocycles. The number of benzene rings is 1. The van der Waals surface area contributed by atoms with E-state index in [0.717, 1.165) is 24.2 Å². The largest absolute Gasteiger partial charge is 0.386 e. The van der Waals surface area contributed by atoms with Crippen molar-refractivity contribution in [3.05, 3.63) is 53.7 Å². The predicted octanol–water partition coefficient (Wildman–Crippen LogP) is 2.13. The highest BCUT2D eigenvalue weighted by Gasteiger charge is 2.42. The van der Waals surface area contributed by atoms with Gasteiger partial charge >= 0.3 is 0 Å². The van der Waals surface area contributed by atoms with Crippen LogP contribution in [0.3, 0.4) is 0 Å². The number of nitrogens with zero attached hydrogens (tertiary/aromatic N) is 4. The van der Waals surface area contributed by atoms with E-state index in [1.54, 1.807) is 0 Å². The van der Waals surface area contributed by atoms with Gasteiger partial charge in [0.05, 0.1) is 24.3 Å². The second kappa shape index (κ2) is 4.27. The third-order valence-electron chi connectivity index (χ3n) is 4.91. The Morgan fingerprint density at radius 2 is 2.14 bits per heavy atom. The number of fused-ring (bicyclic) bond motifs is 4. The van der Waals surface area contributed by atoms with Gasteiger partial charge in [0.2, 0.25) is 0 Å². The Labute approximate surface area is 126 Å². The van der Waals surface area contributed by atoms with Crippen molar-refractivity contribution in [2.75, 3.05) is 0 Å². The summed E-state index contributed by atoms with van der Waals surface area (Å²) < 4.78 is 6.96. The molecule has 22 heavy (non-hydrogen) atoms. The summed E-state index contributed by atoms with van der Waals surface area (Å²) in [5.41, 5.74) is 4.91. The van der Waals surface area contributed by atoms with E-state index < -0.39 is 6.10 Å². The van der Waals surface area contributed by atoms with Crippen molar-refractivity contribution in [1.82, 2.24) is 19.9 Å². The van der Waals surface area contributed by atoms with Crippen LogP contribution >= 0.6 is 0 Å². The van der Waals surface area contributed by atoms with E-state index in [2.05, 4.69) is 32.0 Å². The van der Waals surface area contributed by atoms with Crippen LogP contribution in [0.25, 0.3) is 11.3 Å². The van der Waals surface area contributed by atoms with E-state index in [1.807, 2.05) is 24.7 Å². The summed E-state index contributed by atoms with van der Waals surface area (Å²) in [7, 11) is 0. The zero-order chi connectivity index (χ0) is 14.7. The third-order valence-corrected chi connectivity index (χ3v) is 4.91. The molecule has 1 aliphatic heterocycles. The fourth-order valence-electron chi connectivity index (χ4n) is 3.92. The lowest BCUT2D eigenvalue weighted by molar-refractivity contribution is 0.0662. The molecule has 3 aromatic rings. The fourth-order valence-corrected chi connectivity index (χ4v) is 3.92. The second-order valence-corrected chi connectivity index (χ2v) is 5.96. The minimum atomic E-state index is -0.665. The van der Waals surface area contributed by atoms with Gasteiger partial charge in [0, 0.05) is 11.5 Å². The molecule has 0 fully saturated rings. The average molecular weight is 294 g/mol. The van der Waals surface area contributed by atoms with Crippen LogP contribution in [-0.2, 0) is 6.42 Å². The van der Waals surface area contributed by atoms with Crippen LogP contribution < -0.4 is 0 Å². The van der Waals surface area contributed by atoms with Gasteiger partial charge in [-0.1, -0.05) is 34.6 Å². The number of imidazole rings is 1. The molecule has 0 saturated heterocycles. The number of aromatic nitrogens is 4. The Morgan fingerprint density at radius 1 is 1.23 bits per heavy atom. The van der Waals surface area contributed by atoms with Crippen LogP contribution in [0.4, 0.5) is 0 Å². The normalized spacial score (nSPS) is 25.6. The highest BCUT2D eigenvalue weighted by atomic mass is 16.6. The maximum atomic E-state index is 10.8. The van der Waals surface area contributed by atoms with Crippen molar-refractivity contribution in [3.63, 3.8) is 0 Å². The van der Waals surface area contributed by atoms with Crippen molar-refractivity contribution in [1.29, 1.82) is 0 Å². The zero-order valence-electron chi connectivity index (χ0n) is 11.8. The van der Waals surface area contributed by atoms with Gasteiger partial charge in [-0.15, -0.1) is 0 Å². The van der Waals surface area contributed by atoms with Crippen LogP contribution in [0.1, 0.15) is 35.5 Å². The summed E-state index contributed by atoms with van der Waals surface area (Å²) >= 11 is 0. The molecule has 3 heterocycles. The molecule has 1 N–H and O–H groups in total. The van der Waals surface area contributed by atoms with Gasteiger partial charge in [-0.25, -0.2) is 9.61 Å². The Kier molecular flexibility index (Phi) is 2.35. The Balaban J connectivity index is 1.65. The van der Waals surface area contributed by atoms with Gasteiger partial charge in [0.25, 0.3) is 0 Å². The van der Waals surface area contributed by atoms with Crippen LogP contribution in [0.15, 0.2) is 41.4 Å². The van der Waals surface area contributed by atoms with Crippen molar-refractivity contribution in [2.45, 2.75) is 25.0 Å². The summed E-state index contributed by atoms with van der Waals surface area (Å²) in [4.78, 5) is 4.28. The van der Waals surface area contributed by atoms with E-state index in [0.29, 0.717) is 5.69 Å².